The summed E-state index contributed by atoms with van der Waals surface area (Å²) in [6.45, 7) is 4.81. The Hall–Kier alpha value is -2.92. The molecule has 0 atom stereocenters. The van der Waals surface area contributed by atoms with E-state index in [1.165, 1.54) is 22.8 Å². The topological polar surface area (TPSA) is 30.7 Å². The monoisotopic (exact) mass is 403 g/mol. The quantitative estimate of drug-likeness (QED) is 0.368. The van der Waals surface area contributed by atoms with Gasteiger partial charge in [-0.25, -0.2) is 4.39 Å². The number of benzene rings is 3. The van der Waals surface area contributed by atoms with Crippen LogP contribution in [0.2, 0.25) is 0 Å². The molecule has 4 rings (SSSR count). The Morgan fingerprint density at radius 2 is 1.66 bits per heavy atom. The van der Waals surface area contributed by atoms with Crippen LogP contribution in [-0.4, -0.2) is 14.8 Å². The average Bonchev–Trinajstić information content (AvgIpc) is 3.12. The fourth-order valence-corrected chi connectivity index (χ4v) is 4.24. The molecule has 0 saturated heterocycles. The van der Waals surface area contributed by atoms with Crippen LogP contribution in [0.1, 0.15) is 22.3 Å². The Morgan fingerprint density at radius 3 is 2.45 bits per heavy atom. The van der Waals surface area contributed by atoms with Crippen LogP contribution < -0.4 is 0 Å². The van der Waals surface area contributed by atoms with E-state index in [2.05, 4.69) is 54.4 Å². The molecule has 0 bridgehead atoms. The van der Waals surface area contributed by atoms with E-state index < -0.39 is 0 Å². The zero-order valence-corrected chi connectivity index (χ0v) is 17.3. The first-order valence-electron chi connectivity index (χ1n) is 9.53. The molecule has 0 aliphatic heterocycles. The van der Waals surface area contributed by atoms with Gasteiger partial charge in [0.1, 0.15) is 5.82 Å². The maximum absolute atomic E-state index is 14.5. The van der Waals surface area contributed by atoms with Crippen LogP contribution in [0.25, 0.3) is 11.4 Å². The summed E-state index contributed by atoms with van der Waals surface area (Å²) in [7, 11) is 0. The summed E-state index contributed by atoms with van der Waals surface area (Å²) in [4.78, 5) is 0. The van der Waals surface area contributed by atoms with E-state index in [-0.39, 0.29) is 5.82 Å². The van der Waals surface area contributed by atoms with E-state index in [9.17, 15) is 4.39 Å². The third-order valence-electron chi connectivity index (χ3n) is 4.88. The molecule has 0 N–H and O–H groups in total. The molecule has 0 amide bonds. The maximum Gasteiger partial charge on any atom is 0.192 e. The van der Waals surface area contributed by atoms with Crippen LogP contribution >= 0.6 is 11.8 Å². The fraction of sp³-hybridized carbons (Fsp3) is 0.167. The number of nitrogens with zero attached hydrogens (tertiary/aromatic N) is 3. The Labute approximate surface area is 174 Å². The van der Waals surface area contributed by atoms with Crippen LogP contribution in [0.5, 0.6) is 0 Å². The minimum Gasteiger partial charge on any atom is -0.297 e. The highest BCUT2D eigenvalue weighted by Crippen LogP contribution is 2.29. The molecule has 29 heavy (non-hydrogen) atoms. The molecule has 5 heteroatoms. The highest BCUT2D eigenvalue weighted by atomic mass is 32.2. The SMILES string of the molecule is Cc1ccc(C)c(CSc2nnc(-c3ccccc3F)n2Cc2ccccc2)c1. The van der Waals surface area contributed by atoms with Crippen molar-refractivity contribution in [3.8, 4) is 11.4 Å². The number of aryl methyl sites for hydroxylation is 2. The average molecular weight is 404 g/mol. The summed E-state index contributed by atoms with van der Waals surface area (Å²) < 4.78 is 16.5. The molecule has 0 fully saturated rings. The van der Waals surface area contributed by atoms with Crippen LogP contribution in [0.3, 0.4) is 0 Å². The van der Waals surface area contributed by atoms with E-state index >= 15 is 0 Å². The molecule has 0 aliphatic carbocycles. The van der Waals surface area contributed by atoms with Gasteiger partial charge in [0.15, 0.2) is 11.0 Å². The van der Waals surface area contributed by atoms with Gasteiger partial charge in [0.2, 0.25) is 0 Å². The number of rotatable bonds is 6. The van der Waals surface area contributed by atoms with Crippen molar-refractivity contribution < 1.29 is 4.39 Å². The van der Waals surface area contributed by atoms with Gasteiger partial charge in [0, 0.05) is 5.75 Å². The molecule has 0 saturated carbocycles. The maximum atomic E-state index is 14.5. The van der Waals surface area contributed by atoms with Crippen molar-refractivity contribution in [2.75, 3.05) is 0 Å². The van der Waals surface area contributed by atoms with E-state index in [0.29, 0.717) is 17.9 Å². The van der Waals surface area contributed by atoms with Crippen molar-refractivity contribution in [3.63, 3.8) is 0 Å². The third-order valence-corrected chi connectivity index (χ3v) is 5.89. The largest absolute Gasteiger partial charge is 0.297 e. The molecule has 3 nitrogen and oxygen atoms in total. The van der Waals surface area contributed by atoms with Gasteiger partial charge in [0.25, 0.3) is 0 Å². The molecule has 1 aromatic heterocycles. The smallest absolute Gasteiger partial charge is 0.192 e. The van der Waals surface area contributed by atoms with Crippen molar-refractivity contribution in [1.29, 1.82) is 0 Å². The molecule has 146 valence electrons. The van der Waals surface area contributed by atoms with Crippen LogP contribution in [0.15, 0.2) is 78.0 Å². The minimum atomic E-state index is -0.291. The van der Waals surface area contributed by atoms with Crippen molar-refractivity contribution in [2.45, 2.75) is 31.3 Å². The second kappa shape index (κ2) is 8.62. The van der Waals surface area contributed by atoms with E-state index in [4.69, 9.17) is 0 Å². The summed E-state index contributed by atoms with van der Waals surface area (Å²) in [6.07, 6.45) is 0. The minimum absolute atomic E-state index is 0.291. The predicted octanol–water partition coefficient (Wildman–Crippen LogP) is 6.04. The van der Waals surface area contributed by atoms with E-state index in [1.807, 2.05) is 28.8 Å². The van der Waals surface area contributed by atoms with Crippen LogP contribution in [0, 0.1) is 19.7 Å². The molecule has 0 radical (unpaired) electrons. The second-order valence-electron chi connectivity index (χ2n) is 7.08. The number of hydrogen-bond acceptors (Lipinski definition) is 3. The lowest BCUT2D eigenvalue weighted by molar-refractivity contribution is 0.626. The van der Waals surface area contributed by atoms with Crippen LogP contribution in [-0.2, 0) is 12.3 Å². The lowest BCUT2D eigenvalue weighted by Crippen LogP contribution is -2.05. The lowest BCUT2D eigenvalue weighted by atomic mass is 10.1. The normalized spacial score (nSPS) is 11.0. The molecular weight excluding hydrogens is 381 g/mol. The lowest BCUT2D eigenvalue weighted by Gasteiger charge is -2.12. The summed E-state index contributed by atoms with van der Waals surface area (Å²) >= 11 is 1.63. The Balaban J connectivity index is 1.69. The first kappa shape index (κ1) is 19.4. The number of hydrogen-bond donors (Lipinski definition) is 0. The van der Waals surface area contributed by atoms with Gasteiger partial charge in [-0.05, 0) is 42.7 Å². The van der Waals surface area contributed by atoms with E-state index in [0.717, 1.165) is 16.5 Å². The fourth-order valence-electron chi connectivity index (χ4n) is 3.24. The van der Waals surface area contributed by atoms with E-state index in [1.54, 1.807) is 23.9 Å². The van der Waals surface area contributed by atoms with Gasteiger partial charge in [0.05, 0.1) is 12.1 Å². The summed E-state index contributed by atoms with van der Waals surface area (Å²) in [5, 5.41) is 9.54. The van der Waals surface area contributed by atoms with Crippen molar-refractivity contribution in [2.24, 2.45) is 0 Å². The first-order chi connectivity index (χ1) is 14.1. The standard InChI is InChI=1S/C24H22FN3S/c1-17-12-13-18(2)20(14-17)16-29-24-27-26-23(21-10-6-7-11-22(21)25)28(24)15-19-8-4-3-5-9-19/h3-14H,15-16H2,1-2H3. The molecule has 0 unspecified atom stereocenters. The second-order valence-corrected chi connectivity index (χ2v) is 8.02. The van der Waals surface area contributed by atoms with Crippen molar-refractivity contribution in [3.05, 3.63) is 101 Å². The van der Waals surface area contributed by atoms with Gasteiger partial charge in [-0.3, -0.25) is 4.57 Å². The van der Waals surface area contributed by atoms with Gasteiger partial charge < -0.3 is 0 Å². The molecule has 0 spiro atoms. The highest BCUT2D eigenvalue weighted by Gasteiger charge is 2.17. The zero-order chi connectivity index (χ0) is 20.2. The third kappa shape index (κ3) is 4.40. The first-order valence-corrected chi connectivity index (χ1v) is 10.5. The van der Waals surface area contributed by atoms with Gasteiger partial charge in [-0.2, -0.15) is 0 Å². The zero-order valence-electron chi connectivity index (χ0n) is 16.5. The Bertz CT molecular complexity index is 1120. The predicted molar refractivity (Wildman–Crippen MR) is 116 cm³/mol. The van der Waals surface area contributed by atoms with Gasteiger partial charge in [-0.15, -0.1) is 10.2 Å². The van der Waals surface area contributed by atoms with Gasteiger partial charge >= 0.3 is 0 Å². The van der Waals surface area contributed by atoms with Crippen molar-refractivity contribution in [1.82, 2.24) is 14.8 Å². The molecule has 4 aromatic rings. The molecular formula is C24H22FN3S. The number of halogens is 1. The molecule has 1 heterocycles. The molecule has 0 aliphatic rings. The summed E-state index contributed by atoms with van der Waals surface area (Å²) in [6, 6.07) is 23.3. The summed E-state index contributed by atoms with van der Waals surface area (Å²) in [5.74, 6) is 1.05. The molecule has 3 aromatic carbocycles. The Kier molecular flexibility index (Phi) is 5.76. The highest BCUT2D eigenvalue weighted by molar-refractivity contribution is 7.98. The van der Waals surface area contributed by atoms with Crippen LogP contribution in [0.4, 0.5) is 4.39 Å². The number of aromatic nitrogens is 3. The van der Waals surface area contributed by atoms with Crippen molar-refractivity contribution >= 4 is 11.8 Å². The summed E-state index contributed by atoms with van der Waals surface area (Å²) in [5.41, 5.74) is 5.36. The number of thioether (sulfide) groups is 1. The Morgan fingerprint density at radius 1 is 0.897 bits per heavy atom. The van der Waals surface area contributed by atoms with Gasteiger partial charge in [-0.1, -0.05) is 78.0 Å².